The van der Waals surface area contributed by atoms with Gasteiger partial charge in [-0.05, 0) is 29.8 Å². The predicted octanol–water partition coefficient (Wildman–Crippen LogP) is 3.46. The van der Waals surface area contributed by atoms with Gasteiger partial charge in [0.05, 0.1) is 0 Å². The number of hydrogen-bond donors (Lipinski definition) is 2. The van der Waals surface area contributed by atoms with Crippen molar-refractivity contribution in [3.8, 4) is 0 Å². The number of nitrogens with one attached hydrogen (secondary N) is 2. The number of nitrogens with zero attached hydrogens (tertiary/aromatic N) is 1. The van der Waals surface area contributed by atoms with Gasteiger partial charge in [0.2, 0.25) is 0 Å². The van der Waals surface area contributed by atoms with E-state index in [1.54, 1.807) is 0 Å². The SMILES string of the molecule is Cc1nc2cc(CNC(=O)Nc3ccccc3)ccc2o1. The zero-order valence-corrected chi connectivity index (χ0v) is 11.6. The molecule has 0 saturated carbocycles. The second kappa shape index (κ2) is 5.66. The van der Waals surface area contributed by atoms with Crippen LogP contribution in [0.25, 0.3) is 11.1 Å². The van der Waals surface area contributed by atoms with Crippen molar-refractivity contribution in [3.05, 3.63) is 60.0 Å². The standard InChI is InChI=1S/C16H15N3O2/c1-11-18-14-9-12(7-8-15(14)21-11)10-17-16(20)19-13-5-3-2-4-6-13/h2-9H,10H2,1H3,(H2,17,19,20). The molecule has 5 heteroatoms. The van der Waals surface area contributed by atoms with E-state index in [2.05, 4.69) is 15.6 Å². The lowest BCUT2D eigenvalue weighted by Gasteiger charge is -2.07. The molecule has 0 radical (unpaired) electrons. The van der Waals surface area contributed by atoms with Crippen LogP contribution in [0.15, 0.2) is 52.9 Å². The smallest absolute Gasteiger partial charge is 0.319 e. The number of aryl methyl sites for hydroxylation is 1. The fourth-order valence-corrected chi connectivity index (χ4v) is 2.08. The van der Waals surface area contributed by atoms with Gasteiger partial charge >= 0.3 is 6.03 Å². The molecule has 21 heavy (non-hydrogen) atoms. The number of carbonyl (C=O) groups excluding carboxylic acids is 1. The molecule has 2 aromatic carbocycles. The Morgan fingerprint density at radius 1 is 1.19 bits per heavy atom. The van der Waals surface area contributed by atoms with E-state index in [0.717, 1.165) is 22.4 Å². The van der Waals surface area contributed by atoms with Crippen LogP contribution in [0.2, 0.25) is 0 Å². The lowest BCUT2D eigenvalue weighted by molar-refractivity contribution is 0.251. The molecule has 0 saturated heterocycles. The molecule has 0 fully saturated rings. The van der Waals surface area contributed by atoms with Gasteiger partial charge in [-0.2, -0.15) is 0 Å². The van der Waals surface area contributed by atoms with Crippen LogP contribution < -0.4 is 10.6 Å². The number of para-hydroxylation sites is 1. The first kappa shape index (κ1) is 13.2. The maximum atomic E-state index is 11.8. The monoisotopic (exact) mass is 281 g/mol. The highest BCUT2D eigenvalue weighted by Gasteiger charge is 2.05. The van der Waals surface area contributed by atoms with Gasteiger partial charge in [-0.3, -0.25) is 0 Å². The van der Waals surface area contributed by atoms with Gasteiger partial charge in [-0.15, -0.1) is 0 Å². The number of fused-ring (bicyclic) bond motifs is 1. The Bertz CT molecular complexity index is 766. The lowest BCUT2D eigenvalue weighted by Crippen LogP contribution is -2.28. The quantitative estimate of drug-likeness (QED) is 0.772. The largest absolute Gasteiger partial charge is 0.441 e. The number of benzene rings is 2. The molecule has 2 amide bonds. The first-order chi connectivity index (χ1) is 10.2. The molecule has 0 bridgehead atoms. The Balaban J connectivity index is 1.62. The summed E-state index contributed by atoms with van der Waals surface area (Å²) in [6.45, 7) is 2.24. The maximum Gasteiger partial charge on any atom is 0.319 e. The van der Waals surface area contributed by atoms with Gasteiger partial charge in [-0.25, -0.2) is 9.78 Å². The first-order valence-electron chi connectivity index (χ1n) is 6.67. The number of aromatic nitrogens is 1. The fraction of sp³-hybridized carbons (Fsp3) is 0.125. The fourth-order valence-electron chi connectivity index (χ4n) is 2.08. The zero-order chi connectivity index (χ0) is 14.7. The van der Waals surface area contributed by atoms with Gasteiger partial charge in [-0.1, -0.05) is 24.3 Å². The van der Waals surface area contributed by atoms with Crippen molar-refractivity contribution in [3.63, 3.8) is 0 Å². The summed E-state index contributed by atoms with van der Waals surface area (Å²) in [6.07, 6.45) is 0. The van der Waals surface area contributed by atoms with E-state index >= 15 is 0 Å². The summed E-state index contributed by atoms with van der Waals surface area (Å²) in [7, 11) is 0. The Morgan fingerprint density at radius 3 is 2.81 bits per heavy atom. The molecule has 2 N–H and O–H groups in total. The van der Waals surface area contributed by atoms with Crippen LogP contribution in [0, 0.1) is 6.92 Å². The third kappa shape index (κ3) is 3.20. The van der Waals surface area contributed by atoms with Crippen molar-refractivity contribution in [2.45, 2.75) is 13.5 Å². The van der Waals surface area contributed by atoms with Crippen molar-refractivity contribution >= 4 is 22.8 Å². The van der Waals surface area contributed by atoms with E-state index in [-0.39, 0.29) is 6.03 Å². The summed E-state index contributed by atoms with van der Waals surface area (Å²) in [6, 6.07) is 14.8. The lowest BCUT2D eigenvalue weighted by atomic mass is 10.2. The Labute approximate surface area is 122 Å². The van der Waals surface area contributed by atoms with Crippen LogP contribution in [-0.2, 0) is 6.54 Å². The number of urea groups is 1. The molecule has 5 nitrogen and oxygen atoms in total. The van der Waals surface area contributed by atoms with Gasteiger partial charge in [0, 0.05) is 19.2 Å². The topological polar surface area (TPSA) is 67.2 Å². The summed E-state index contributed by atoms with van der Waals surface area (Å²) in [5.74, 6) is 0.636. The first-order valence-corrected chi connectivity index (χ1v) is 6.67. The maximum absolute atomic E-state index is 11.8. The Morgan fingerprint density at radius 2 is 2.00 bits per heavy atom. The van der Waals surface area contributed by atoms with E-state index in [1.807, 2.05) is 55.5 Å². The van der Waals surface area contributed by atoms with Gasteiger partial charge in [0.1, 0.15) is 5.52 Å². The van der Waals surface area contributed by atoms with Gasteiger partial charge in [0.25, 0.3) is 0 Å². The van der Waals surface area contributed by atoms with Crippen molar-refractivity contribution in [1.29, 1.82) is 0 Å². The summed E-state index contributed by atoms with van der Waals surface area (Å²) in [5.41, 5.74) is 3.29. The molecule has 0 atom stereocenters. The van der Waals surface area contributed by atoms with Crippen LogP contribution in [0.1, 0.15) is 11.5 Å². The van der Waals surface area contributed by atoms with Crippen LogP contribution >= 0.6 is 0 Å². The van der Waals surface area contributed by atoms with E-state index < -0.39 is 0 Å². The highest BCUT2D eigenvalue weighted by Crippen LogP contribution is 2.16. The minimum absolute atomic E-state index is 0.238. The van der Waals surface area contributed by atoms with E-state index in [1.165, 1.54) is 0 Å². The molecular formula is C16H15N3O2. The van der Waals surface area contributed by atoms with E-state index in [0.29, 0.717) is 12.4 Å². The molecule has 0 spiro atoms. The number of anilines is 1. The van der Waals surface area contributed by atoms with E-state index in [4.69, 9.17) is 4.42 Å². The molecule has 0 aliphatic carbocycles. The zero-order valence-electron chi connectivity index (χ0n) is 11.6. The molecular weight excluding hydrogens is 266 g/mol. The number of oxazole rings is 1. The molecule has 0 aliphatic heterocycles. The van der Waals surface area contributed by atoms with Crippen molar-refractivity contribution in [2.24, 2.45) is 0 Å². The van der Waals surface area contributed by atoms with E-state index in [9.17, 15) is 4.79 Å². The highest BCUT2D eigenvalue weighted by molar-refractivity contribution is 5.89. The second-order valence-electron chi connectivity index (χ2n) is 4.71. The van der Waals surface area contributed by atoms with Crippen LogP contribution in [-0.4, -0.2) is 11.0 Å². The van der Waals surface area contributed by atoms with Crippen LogP contribution in [0.4, 0.5) is 10.5 Å². The third-order valence-electron chi connectivity index (χ3n) is 3.04. The number of amides is 2. The van der Waals surface area contributed by atoms with Gasteiger partial charge in [0.15, 0.2) is 11.5 Å². The molecule has 1 aromatic heterocycles. The molecule has 3 rings (SSSR count). The summed E-state index contributed by atoms with van der Waals surface area (Å²) in [4.78, 5) is 16.1. The molecule has 106 valence electrons. The second-order valence-corrected chi connectivity index (χ2v) is 4.71. The Hall–Kier alpha value is -2.82. The minimum atomic E-state index is -0.238. The predicted molar refractivity (Wildman–Crippen MR) is 81.0 cm³/mol. The number of rotatable bonds is 3. The molecule has 3 aromatic rings. The minimum Gasteiger partial charge on any atom is -0.441 e. The van der Waals surface area contributed by atoms with Crippen LogP contribution in [0.5, 0.6) is 0 Å². The number of carbonyl (C=O) groups is 1. The number of hydrogen-bond acceptors (Lipinski definition) is 3. The van der Waals surface area contributed by atoms with Gasteiger partial charge < -0.3 is 15.1 Å². The summed E-state index contributed by atoms with van der Waals surface area (Å²) < 4.78 is 5.42. The van der Waals surface area contributed by atoms with Crippen LogP contribution in [0.3, 0.4) is 0 Å². The highest BCUT2D eigenvalue weighted by atomic mass is 16.3. The Kier molecular flexibility index (Phi) is 3.55. The average molecular weight is 281 g/mol. The molecule has 0 aliphatic rings. The normalized spacial score (nSPS) is 10.5. The van der Waals surface area contributed by atoms with Crippen molar-refractivity contribution in [1.82, 2.24) is 10.3 Å². The molecule has 1 heterocycles. The average Bonchev–Trinajstić information content (AvgIpc) is 2.85. The molecule has 0 unspecified atom stereocenters. The van der Waals surface area contributed by atoms with Crippen molar-refractivity contribution in [2.75, 3.05) is 5.32 Å². The summed E-state index contributed by atoms with van der Waals surface area (Å²) in [5, 5.41) is 5.58. The third-order valence-corrected chi connectivity index (χ3v) is 3.04. The van der Waals surface area contributed by atoms with Crippen molar-refractivity contribution < 1.29 is 9.21 Å². The summed E-state index contributed by atoms with van der Waals surface area (Å²) >= 11 is 0.